The van der Waals surface area contributed by atoms with Crippen molar-refractivity contribution in [1.29, 1.82) is 0 Å². The van der Waals surface area contributed by atoms with Gasteiger partial charge in [-0.15, -0.1) is 0 Å². The summed E-state index contributed by atoms with van der Waals surface area (Å²) < 4.78 is 11.5. The highest BCUT2D eigenvalue weighted by Crippen LogP contribution is 2.33. The van der Waals surface area contributed by atoms with E-state index in [2.05, 4.69) is 26.2 Å². The molecule has 6 heteroatoms. The fraction of sp³-hybridized carbons (Fsp3) is 0.294. The Kier molecular flexibility index (Phi) is 5.98. The molecule has 0 atom stereocenters. The molecule has 0 aliphatic carbocycles. The van der Waals surface area contributed by atoms with Crippen LogP contribution in [0.5, 0.6) is 11.5 Å². The van der Waals surface area contributed by atoms with Crippen LogP contribution in [0.1, 0.15) is 21.6 Å². The molecule has 1 N–H and O–H groups in total. The molecule has 1 aromatic heterocycles. The van der Waals surface area contributed by atoms with Crippen LogP contribution in [0.4, 0.5) is 0 Å². The van der Waals surface area contributed by atoms with Crippen molar-refractivity contribution in [3.05, 3.63) is 51.8 Å². The second-order valence-corrected chi connectivity index (χ2v) is 5.85. The summed E-state index contributed by atoms with van der Waals surface area (Å²) in [6, 6.07) is 7.35. The third-order valence-corrected chi connectivity index (χ3v) is 4.14. The molecule has 2 aromatic rings. The predicted molar refractivity (Wildman–Crippen MR) is 92.3 cm³/mol. The van der Waals surface area contributed by atoms with Crippen LogP contribution < -0.4 is 14.8 Å². The van der Waals surface area contributed by atoms with Gasteiger partial charge in [0.25, 0.3) is 5.91 Å². The lowest BCUT2D eigenvalue weighted by molar-refractivity contribution is 0.0954. The van der Waals surface area contributed by atoms with E-state index >= 15 is 0 Å². The third kappa shape index (κ3) is 4.45. The van der Waals surface area contributed by atoms with Crippen molar-refractivity contribution >= 4 is 21.8 Å². The molecule has 0 bridgehead atoms. The third-order valence-electron chi connectivity index (χ3n) is 3.41. The first kappa shape index (κ1) is 17.3. The fourth-order valence-corrected chi connectivity index (χ4v) is 2.62. The number of pyridine rings is 1. The molecule has 0 fully saturated rings. The monoisotopic (exact) mass is 378 g/mol. The average Bonchev–Trinajstić information content (AvgIpc) is 2.56. The summed E-state index contributed by atoms with van der Waals surface area (Å²) in [6.07, 6.45) is 2.25. The van der Waals surface area contributed by atoms with Crippen molar-refractivity contribution in [3.63, 3.8) is 0 Å². The number of methoxy groups -OCH3 is 2. The number of halogens is 1. The highest BCUT2D eigenvalue weighted by molar-refractivity contribution is 9.10. The van der Waals surface area contributed by atoms with E-state index in [4.69, 9.17) is 9.47 Å². The van der Waals surface area contributed by atoms with Crippen molar-refractivity contribution < 1.29 is 14.3 Å². The van der Waals surface area contributed by atoms with Crippen LogP contribution in [0, 0.1) is 6.92 Å². The SMILES string of the molecule is COc1cc(Br)c(CCNC(=O)c2ccc(C)nc2)cc1OC. The molecule has 0 aliphatic rings. The number of benzene rings is 1. The number of nitrogens with one attached hydrogen (secondary N) is 1. The smallest absolute Gasteiger partial charge is 0.252 e. The molecule has 0 spiro atoms. The van der Waals surface area contributed by atoms with Gasteiger partial charge in [0.1, 0.15) is 0 Å². The maximum absolute atomic E-state index is 12.0. The van der Waals surface area contributed by atoms with E-state index in [1.165, 1.54) is 0 Å². The summed E-state index contributed by atoms with van der Waals surface area (Å²) in [6.45, 7) is 2.40. The maximum atomic E-state index is 12.0. The molecule has 2 rings (SSSR count). The standard InChI is InChI=1S/C17H19BrN2O3/c1-11-4-5-13(10-20-11)17(21)19-7-6-12-8-15(22-2)16(23-3)9-14(12)18/h4-5,8-10H,6-7H2,1-3H3,(H,19,21). The zero-order valence-electron chi connectivity index (χ0n) is 13.4. The van der Waals surface area contributed by atoms with Gasteiger partial charge in [-0.3, -0.25) is 9.78 Å². The normalized spacial score (nSPS) is 10.3. The maximum Gasteiger partial charge on any atom is 0.252 e. The van der Waals surface area contributed by atoms with Crippen molar-refractivity contribution in [1.82, 2.24) is 10.3 Å². The van der Waals surface area contributed by atoms with E-state index in [1.807, 2.05) is 25.1 Å². The van der Waals surface area contributed by atoms with Crippen LogP contribution in [0.15, 0.2) is 34.9 Å². The Morgan fingerprint density at radius 3 is 2.52 bits per heavy atom. The van der Waals surface area contributed by atoms with E-state index < -0.39 is 0 Å². The van der Waals surface area contributed by atoms with Crippen LogP contribution in [0.2, 0.25) is 0 Å². The Morgan fingerprint density at radius 1 is 1.22 bits per heavy atom. The molecule has 1 aromatic carbocycles. The van der Waals surface area contributed by atoms with E-state index in [9.17, 15) is 4.79 Å². The van der Waals surface area contributed by atoms with Gasteiger partial charge in [-0.25, -0.2) is 0 Å². The lowest BCUT2D eigenvalue weighted by Crippen LogP contribution is -2.25. The first-order valence-electron chi connectivity index (χ1n) is 7.16. The number of amides is 1. The highest BCUT2D eigenvalue weighted by atomic mass is 79.9. The van der Waals surface area contributed by atoms with Crippen molar-refractivity contribution in [2.75, 3.05) is 20.8 Å². The van der Waals surface area contributed by atoms with Gasteiger partial charge in [-0.2, -0.15) is 0 Å². The number of rotatable bonds is 6. The van der Waals surface area contributed by atoms with Crippen LogP contribution in [0.25, 0.3) is 0 Å². The van der Waals surface area contributed by atoms with Gasteiger partial charge in [-0.05, 0) is 43.2 Å². The number of aryl methyl sites for hydroxylation is 1. The Balaban J connectivity index is 1.98. The number of aromatic nitrogens is 1. The van der Waals surface area contributed by atoms with Gasteiger partial charge in [-0.1, -0.05) is 15.9 Å². The number of hydrogen-bond donors (Lipinski definition) is 1. The molecule has 1 heterocycles. The quantitative estimate of drug-likeness (QED) is 0.838. The highest BCUT2D eigenvalue weighted by Gasteiger charge is 2.10. The van der Waals surface area contributed by atoms with Crippen molar-refractivity contribution in [2.24, 2.45) is 0 Å². The molecule has 5 nitrogen and oxygen atoms in total. The summed E-state index contributed by atoms with van der Waals surface area (Å²) in [5.74, 6) is 1.20. The average molecular weight is 379 g/mol. The minimum Gasteiger partial charge on any atom is -0.493 e. The molecule has 122 valence electrons. The van der Waals surface area contributed by atoms with E-state index in [0.717, 1.165) is 15.7 Å². The van der Waals surface area contributed by atoms with Crippen molar-refractivity contribution in [2.45, 2.75) is 13.3 Å². The zero-order chi connectivity index (χ0) is 16.8. The van der Waals surface area contributed by atoms with Crippen LogP contribution in [-0.2, 0) is 6.42 Å². The summed E-state index contributed by atoms with van der Waals surface area (Å²) in [5.41, 5.74) is 2.47. The summed E-state index contributed by atoms with van der Waals surface area (Å²) in [7, 11) is 3.20. The Bertz CT molecular complexity index is 687. The number of ether oxygens (including phenoxy) is 2. The minimum absolute atomic E-state index is 0.130. The molecule has 0 aliphatic heterocycles. The molecule has 0 saturated heterocycles. The van der Waals surface area contributed by atoms with Crippen LogP contribution in [-0.4, -0.2) is 31.7 Å². The molecule has 0 radical (unpaired) electrons. The fourth-order valence-electron chi connectivity index (χ4n) is 2.10. The molecule has 0 unspecified atom stereocenters. The largest absolute Gasteiger partial charge is 0.493 e. The second kappa shape index (κ2) is 7.97. The van der Waals surface area contributed by atoms with E-state index in [-0.39, 0.29) is 5.91 Å². The topological polar surface area (TPSA) is 60.5 Å². The van der Waals surface area contributed by atoms with E-state index in [1.54, 1.807) is 26.5 Å². The number of hydrogen-bond acceptors (Lipinski definition) is 4. The lowest BCUT2D eigenvalue weighted by Gasteiger charge is -2.12. The van der Waals surface area contributed by atoms with Crippen molar-refractivity contribution in [3.8, 4) is 11.5 Å². The minimum atomic E-state index is -0.130. The molecule has 1 amide bonds. The molecular weight excluding hydrogens is 360 g/mol. The van der Waals surface area contributed by atoms with Gasteiger partial charge in [0.15, 0.2) is 11.5 Å². The van der Waals surface area contributed by atoms with Gasteiger partial charge in [0.2, 0.25) is 0 Å². The lowest BCUT2D eigenvalue weighted by atomic mass is 10.1. The Morgan fingerprint density at radius 2 is 1.91 bits per heavy atom. The zero-order valence-corrected chi connectivity index (χ0v) is 14.9. The van der Waals surface area contributed by atoms with E-state index in [0.29, 0.717) is 30.0 Å². The molecule has 0 saturated carbocycles. The predicted octanol–water partition coefficient (Wildman–Crippen LogP) is 3.14. The summed E-state index contributed by atoms with van der Waals surface area (Å²) in [5, 5.41) is 2.89. The number of nitrogens with zero attached hydrogens (tertiary/aromatic N) is 1. The molecule has 23 heavy (non-hydrogen) atoms. The van der Waals surface area contributed by atoms with Gasteiger partial charge in [0.05, 0.1) is 19.8 Å². The summed E-state index contributed by atoms with van der Waals surface area (Å²) >= 11 is 3.51. The Labute approximate surface area is 144 Å². The van der Waals surface area contributed by atoms with Gasteiger partial charge in [0, 0.05) is 22.9 Å². The number of carbonyl (C=O) groups is 1. The first-order valence-corrected chi connectivity index (χ1v) is 7.95. The summed E-state index contributed by atoms with van der Waals surface area (Å²) in [4.78, 5) is 16.2. The second-order valence-electron chi connectivity index (χ2n) is 4.99. The number of carbonyl (C=O) groups excluding carboxylic acids is 1. The van der Waals surface area contributed by atoms with Crippen LogP contribution in [0.3, 0.4) is 0 Å². The van der Waals surface area contributed by atoms with Gasteiger partial charge < -0.3 is 14.8 Å². The van der Waals surface area contributed by atoms with Crippen LogP contribution >= 0.6 is 15.9 Å². The van der Waals surface area contributed by atoms with Gasteiger partial charge >= 0.3 is 0 Å². The molecular formula is C17H19BrN2O3. The Hall–Kier alpha value is -2.08. The first-order chi connectivity index (χ1) is 11.0.